The Morgan fingerprint density at radius 2 is 1.63 bits per heavy atom. The molecule has 5 rings (SSSR count). The minimum atomic E-state index is 0.0196. The smallest absolute Gasteiger partial charge is 0.267 e. The highest BCUT2D eigenvalue weighted by Crippen LogP contribution is 2.27. The Balaban J connectivity index is 1.22. The summed E-state index contributed by atoms with van der Waals surface area (Å²) < 4.78 is 1.63. The number of fused-ring (bicyclic) bond motifs is 2. The first kappa shape index (κ1) is 19.3. The van der Waals surface area contributed by atoms with E-state index in [1.165, 1.54) is 24.1 Å². The van der Waals surface area contributed by atoms with E-state index in [4.69, 9.17) is 4.98 Å². The molecule has 1 saturated heterocycles. The van der Waals surface area contributed by atoms with Crippen LogP contribution < -0.4 is 10.5 Å². The van der Waals surface area contributed by atoms with Gasteiger partial charge in [0, 0.05) is 44.5 Å². The average molecular weight is 405 g/mol. The van der Waals surface area contributed by atoms with Gasteiger partial charge in [0.2, 0.25) is 0 Å². The van der Waals surface area contributed by atoms with Crippen molar-refractivity contribution in [2.24, 2.45) is 0 Å². The summed E-state index contributed by atoms with van der Waals surface area (Å²) in [7, 11) is 0. The first-order valence-electron chi connectivity index (χ1n) is 11.2. The molecular formula is C23H28N6O. The van der Waals surface area contributed by atoms with E-state index in [-0.39, 0.29) is 5.56 Å². The summed E-state index contributed by atoms with van der Waals surface area (Å²) in [6.45, 7) is 4.97. The fourth-order valence-electron chi connectivity index (χ4n) is 4.97. The molecule has 7 heteroatoms. The number of rotatable bonds is 4. The van der Waals surface area contributed by atoms with Crippen LogP contribution in [0.2, 0.25) is 0 Å². The van der Waals surface area contributed by atoms with Crippen molar-refractivity contribution in [2.45, 2.75) is 51.5 Å². The molecule has 0 aromatic carbocycles. The standard InChI is InChI=1S/C23H28N6O/c24-16-19-14-17-4-1-2-6-20(17)25-23(19)28-11-8-27(9-12-28)10-13-29-22(30)15-18-5-3-7-21(18)26-29/h14-15H,1-13H2. The fraction of sp³-hybridized carbons (Fsp3) is 0.565. The molecule has 3 aliphatic rings. The predicted molar refractivity (Wildman–Crippen MR) is 115 cm³/mol. The molecule has 0 unspecified atom stereocenters. The van der Waals surface area contributed by atoms with Crippen LogP contribution >= 0.6 is 0 Å². The van der Waals surface area contributed by atoms with Crippen molar-refractivity contribution in [3.05, 3.63) is 50.6 Å². The highest BCUT2D eigenvalue weighted by atomic mass is 16.1. The molecule has 1 fully saturated rings. The van der Waals surface area contributed by atoms with E-state index >= 15 is 0 Å². The maximum atomic E-state index is 12.3. The topological polar surface area (TPSA) is 78.1 Å². The Morgan fingerprint density at radius 1 is 0.900 bits per heavy atom. The van der Waals surface area contributed by atoms with Crippen molar-refractivity contribution in [2.75, 3.05) is 37.6 Å². The van der Waals surface area contributed by atoms with Gasteiger partial charge in [-0.15, -0.1) is 0 Å². The van der Waals surface area contributed by atoms with Gasteiger partial charge in [-0.3, -0.25) is 9.69 Å². The fourth-order valence-corrected chi connectivity index (χ4v) is 4.97. The highest BCUT2D eigenvalue weighted by Gasteiger charge is 2.23. The van der Waals surface area contributed by atoms with Crippen LogP contribution in [0, 0.1) is 11.3 Å². The third-order valence-corrected chi connectivity index (χ3v) is 6.72. The average Bonchev–Trinajstić information content (AvgIpc) is 3.24. The molecule has 7 nitrogen and oxygen atoms in total. The van der Waals surface area contributed by atoms with Gasteiger partial charge in [-0.2, -0.15) is 10.4 Å². The number of nitriles is 1. The Labute approximate surface area is 176 Å². The molecule has 30 heavy (non-hydrogen) atoms. The number of aryl methyl sites for hydroxylation is 4. The zero-order valence-corrected chi connectivity index (χ0v) is 17.4. The second kappa shape index (κ2) is 8.19. The lowest BCUT2D eigenvalue weighted by Crippen LogP contribution is -2.48. The highest BCUT2D eigenvalue weighted by molar-refractivity contribution is 5.56. The predicted octanol–water partition coefficient (Wildman–Crippen LogP) is 1.70. The summed E-state index contributed by atoms with van der Waals surface area (Å²) in [6, 6.07) is 6.20. The van der Waals surface area contributed by atoms with Crippen LogP contribution in [0.1, 0.15) is 47.3 Å². The maximum absolute atomic E-state index is 12.3. The number of hydrogen-bond acceptors (Lipinski definition) is 6. The number of aromatic nitrogens is 3. The third kappa shape index (κ3) is 3.72. The van der Waals surface area contributed by atoms with Crippen molar-refractivity contribution in [3.63, 3.8) is 0 Å². The van der Waals surface area contributed by atoms with Crippen LogP contribution in [-0.2, 0) is 32.2 Å². The van der Waals surface area contributed by atoms with Crippen LogP contribution in [-0.4, -0.2) is 52.4 Å². The molecule has 2 aromatic rings. The Bertz CT molecular complexity index is 1040. The number of piperazine rings is 1. The molecule has 0 bridgehead atoms. The summed E-state index contributed by atoms with van der Waals surface area (Å²) in [5, 5.41) is 14.2. The van der Waals surface area contributed by atoms with E-state index in [0.717, 1.165) is 81.9 Å². The lowest BCUT2D eigenvalue weighted by Gasteiger charge is -2.36. The van der Waals surface area contributed by atoms with Gasteiger partial charge in [0.05, 0.1) is 17.8 Å². The van der Waals surface area contributed by atoms with Crippen LogP contribution in [0.15, 0.2) is 16.9 Å². The van der Waals surface area contributed by atoms with E-state index in [2.05, 4.69) is 27.0 Å². The first-order valence-corrected chi connectivity index (χ1v) is 11.2. The Kier molecular flexibility index (Phi) is 5.26. The van der Waals surface area contributed by atoms with Crippen LogP contribution in [0.5, 0.6) is 0 Å². The lowest BCUT2D eigenvalue weighted by atomic mass is 9.95. The summed E-state index contributed by atoms with van der Waals surface area (Å²) in [5.41, 5.74) is 5.40. The normalized spacial score (nSPS) is 18.7. The lowest BCUT2D eigenvalue weighted by molar-refractivity contribution is 0.242. The zero-order valence-electron chi connectivity index (χ0n) is 17.4. The number of nitrogens with zero attached hydrogens (tertiary/aromatic N) is 6. The van der Waals surface area contributed by atoms with Gasteiger partial charge in [-0.25, -0.2) is 9.67 Å². The summed E-state index contributed by atoms with van der Waals surface area (Å²) in [4.78, 5) is 21.8. The molecular weight excluding hydrogens is 376 g/mol. The summed E-state index contributed by atoms with van der Waals surface area (Å²) >= 11 is 0. The second-order valence-electron chi connectivity index (χ2n) is 8.64. The molecule has 0 saturated carbocycles. The van der Waals surface area contributed by atoms with Crippen molar-refractivity contribution in [3.8, 4) is 6.07 Å². The maximum Gasteiger partial charge on any atom is 0.267 e. The Morgan fingerprint density at radius 3 is 2.47 bits per heavy atom. The first-order chi connectivity index (χ1) is 14.7. The van der Waals surface area contributed by atoms with Crippen LogP contribution in [0.4, 0.5) is 5.82 Å². The molecule has 0 amide bonds. The van der Waals surface area contributed by atoms with Gasteiger partial charge < -0.3 is 4.90 Å². The number of hydrogen-bond donors (Lipinski definition) is 0. The van der Waals surface area contributed by atoms with Gasteiger partial charge in [-0.1, -0.05) is 0 Å². The molecule has 0 radical (unpaired) electrons. The molecule has 156 valence electrons. The largest absolute Gasteiger partial charge is 0.353 e. The SMILES string of the molecule is N#Cc1cc2c(nc1N1CCN(CCn3nc4c(cc3=O)CCC4)CC1)CCCC2. The molecule has 3 heterocycles. The van der Waals surface area contributed by atoms with E-state index in [1.807, 2.05) is 0 Å². The van der Waals surface area contributed by atoms with E-state index in [9.17, 15) is 10.1 Å². The minimum absolute atomic E-state index is 0.0196. The molecule has 1 aliphatic heterocycles. The van der Waals surface area contributed by atoms with E-state index in [1.54, 1.807) is 10.7 Å². The second-order valence-corrected chi connectivity index (χ2v) is 8.64. The monoisotopic (exact) mass is 404 g/mol. The van der Waals surface area contributed by atoms with E-state index in [0.29, 0.717) is 12.1 Å². The van der Waals surface area contributed by atoms with Crippen molar-refractivity contribution >= 4 is 5.82 Å². The Hall–Kier alpha value is -2.72. The van der Waals surface area contributed by atoms with Gasteiger partial charge in [-0.05, 0) is 62.1 Å². The van der Waals surface area contributed by atoms with Crippen molar-refractivity contribution in [1.82, 2.24) is 19.7 Å². The number of pyridine rings is 1. The quantitative estimate of drug-likeness (QED) is 0.772. The summed E-state index contributed by atoms with van der Waals surface area (Å²) in [6.07, 6.45) is 7.53. The van der Waals surface area contributed by atoms with Gasteiger partial charge in [0.25, 0.3) is 5.56 Å². The summed E-state index contributed by atoms with van der Waals surface area (Å²) in [5.74, 6) is 0.856. The van der Waals surface area contributed by atoms with E-state index < -0.39 is 0 Å². The van der Waals surface area contributed by atoms with Crippen molar-refractivity contribution < 1.29 is 0 Å². The van der Waals surface area contributed by atoms with Crippen molar-refractivity contribution in [1.29, 1.82) is 5.26 Å². The molecule has 0 atom stereocenters. The molecule has 2 aliphatic carbocycles. The molecule has 0 N–H and O–H groups in total. The molecule has 2 aromatic heterocycles. The molecule has 0 spiro atoms. The van der Waals surface area contributed by atoms with Crippen LogP contribution in [0.25, 0.3) is 0 Å². The zero-order chi connectivity index (χ0) is 20.5. The van der Waals surface area contributed by atoms with Gasteiger partial charge in [0.15, 0.2) is 0 Å². The van der Waals surface area contributed by atoms with Crippen LogP contribution in [0.3, 0.4) is 0 Å². The number of anilines is 1. The van der Waals surface area contributed by atoms with Gasteiger partial charge >= 0.3 is 0 Å². The third-order valence-electron chi connectivity index (χ3n) is 6.72. The van der Waals surface area contributed by atoms with Gasteiger partial charge in [0.1, 0.15) is 11.9 Å². The minimum Gasteiger partial charge on any atom is -0.353 e.